The van der Waals surface area contributed by atoms with E-state index in [0.29, 0.717) is 23.6 Å². The third kappa shape index (κ3) is 5.46. The third-order valence-electron chi connectivity index (χ3n) is 5.12. The lowest BCUT2D eigenvalue weighted by Gasteiger charge is -2.36. The van der Waals surface area contributed by atoms with Crippen molar-refractivity contribution in [2.75, 3.05) is 26.0 Å². The van der Waals surface area contributed by atoms with Crippen molar-refractivity contribution in [2.45, 2.75) is 24.8 Å². The van der Waals surface area contributed by atoms with E-state index in [2.05, 4.69) is 5.32 Å². The Kier molecular flexibility index (Phi) is 7.94. The number of carbonyl (C=O) groups is 2. The van der Waals surface area contributed by atoms with Crippen molar-refractivity contribution in [3.8, 4) is 5.75 Å². The largest absolute Gasteiger partial charge is 0.487 e. The lowest BCUT2D eigenvalue weighted by molar-refractivity contribution is -0.384. The molecule has 1 aliphatic rings. The molecular weight excluding hydrogens is 446 g/mol. The van der Waals surface area contributed by atoms with Gasteiger partial charge in [-0.2, -0.15) is 0 Å². The van der Waals surface area contributed by atoms with Crippen LogP contribution in [0.5, 0.6) is 5.75 Å². The minimum absolute atomic E-state index is 0.0303. The van der Waals surface area contributed by atoms with E-state index < -0.39 is 23.0 Å². The van der Waals surface area contributed by atoms with Gasteiger partial charge in [-0.1, -0.05) is 0 Å². The first-order valence-corrected chi connectivity index (χ1v) is 11.6. The zero-order chi connectivity index (χ0) is 24.0. The van der Waals surface area contributed by atoms with Crippen molar-refractivity contribution in [1.29, 1.82) is 0 Å². The molecule has 9 nitrogen and oxygen atoms in total. The first-order chi connectivity index (χ1) is 15.9. The molecule has 33 heavy (non-hydrogen) atoms. The Morgan fingerprint density at radius 3 is 2.36 bits per heavy atom. The van der Waals surface area contributed by atoms with E-state index in [1.165, 1.54) is 29.2 Å². The van der Waals surface area contributed by atoms with Crippen molar-refractivity contribution < 1.29 is 24.0 Å². The van der Waals surface area contributed by atoms with Crippen LogP contribution in [0.2, 0.25) is 0 Å². The monoisotopic (exact) mass is 471 g/mol. The Hall–Kier alpha value is -3.53. The SMILES string of the molecule is CCOC(=O)C1=C(COc2ccc(SC)cc2)N(CC)C(=O)N[C@H]1c1ccc([N+](=O)[O-])cc1. The number of benzene rings is 2. The summed E-state index contributed by atoms with van der Waals surface area (Å²) in [4.78, 5) is 38.9. The van der Waals surface area contributed by atoms with Gasteiger partial charge in [0.05, 0.1) is 28.8 Å². The molecule has 1 N–H and O–H groups in total. The topological polar surface area (TPSA) is 111 Å². The van der Waals surface area contributed by atoms with Crippen LogP contribution in [0.15, 0.2) is 64.7 Å². The average molecular weight is 472 g/mol. The van der Waals surface area contributed by atoms with Crippen LogP contribution in [0, 0.1) is 10.1 Å². The second-order valence-electron chi connectivity index (χ2n) is 7.02. The summed E-state index contributed by atoms with van der Waals surface area (Å²) < 4.78 is 11.2. The van der Waals surface area contributed by atoms with Crippen LogP contribution in [0.25, 0.3) is 0 Å². The molecule has 2 aromatic rings. The number of rotatable bonds is 9. The molecule has 1 atom stereocenters. The molecule has 0 aromatic heterocycles. The normalized spacial score (nSPS) is 15.8. The van der Waals surface area contributed by atoms with E-state index in [1.807, 2.05) is 30.5 Å². The number of hydrogen-bond acceptors (Lipinski definition) is 7. The number of nitro benzene ring substituents is 1. The van der Waals surface area contributed by atoms with Crippen LogP contribution in [-0.2, 0) is 9.53 Å². The number of amides is 2. The van der Waals surface area contributed by atoms with Gasteiger partial charge >= 0.3 is 12.0 Å². The van der Waals surface area contributed by atoms with E-state index in [9.17, 15) is 19.7 Å². The summed E-state index contributed by atoms with van der Waals surface area (Å²) in [7, 11) is 0. The molecule has 0 fully saturated rings. The highest BCUT2D eigenvalue weighted by atomic mass is 32.2. The number of nitrogens with one attached hydrogen (secondary N) is 1. The van der Waals surface area contributed by atoms with Crippen LogP contribution >= 0.6 is 11.8 Å². The molecule has 0 unspecified atom stereocenters. The highest BCUT2D eigenvalue weighted by Gasteiger charge is 2.38. The molecule has 0 saturated carbocycles. The van der Waals surface area contributed by atoms with Crippen molar-refractivity contribution in [1.82, 2.24) is 10.2 Å². The average Bonchev–Trinajstić information content (AvgIpc) is 2.82. The van der Waals surface area contributed by atoms with Crippen LogP contribution in [-0.4, -0.2) is 47.8 Å². The van der Waals surface area contributed by atoms with Gasteiger partial charge < -0.3 is 14.8 Å². The van der Waals surface area contributed by atoms with Crippen molar-refractivity contribution in [3.63, 3.8) is 0 Å². The number of hydrogen-bond donors (Lipinski definition) is 1. The second-order valence-corrected chi connectivity index (χ2v) is 7.90. The van der Waals surface area contributed by atoms with Crippen molar-refractivity contribution in [3.05, 3.63) is 75.5 Å². The molecule has 0 saturated heterocycles. The molecule has 2 amide bonds. The van der Waals surface area contributed by atoms with Gasteiger partial charge in [-0.15, -0.1) is 11.8 Å². The van der Waals surface area contributed by atoms with Gasteiger partial charge in [0.15, 0.2) is 0 Å². The smallest absolute Gasteiger partial charge is 0.338 e. The first-order valence-electron chi connectivity index (χ1n) is 10.4. The number of thioether (sulfide) groups is 1. The van der Waals surface area contributed by atoms with E-state index in [-0.39, 0.29) is 24.5 Å². The van der Waals surface area contributed by atoms with Gasteiger partial charge in [0.25, 0.3) is 5.69 Å². The number of ether oxygens (including phenoxy) is 2. The Morgan fingerprint density at radius 2 is 1.82 bits per heavy atom. The standard InChI is InChI=1S/C23H25N3O6S/c1-4-25-19(14-32-17-10-12-18(33-3)13-11-17)20(22(27)31-5-2)21(24-23(25)28)15-6-8-16(9-7-15)26(29)30/h6-13,21H,4-5,14H2,1-3H3,(H,24,28)/t21-/m0/s1. The van der Waals surface area contributed by atoms with E-state index in [0.717, 1.165) is 4.90 Å². The van der Waals surface area contributed by atoms with E-state index >= 15 is 0 Å². The molecule has 2 aromatic carbocycles. The minimum Gasteiger partial charge on any atom is -0.487 e. The maximum absolute atomic E-state index is 13.0. The van der Waals surface area contributed by atoms with Crippen molar-refractivity contribution in [2.24, 2.45) is 0 Å². The Bertz CT molecular complexity index is 1050. The van der Waals surface area contributed by atoms with E-state index in [1.54, 1.807) is 25.6 Å². The summed E-state index contributed by atoms with van der Waals surface area (Å²) >= 11 is 1.61. The maximum Gasteiger partial charge on any atom is 0.338 e. The molecule has 0 bridgehead atoms. The summed E-state index contributed by atoms with van der Waals surface area (Å²) in [5, 5.41) is 13.8. The van der Waals surface area contributed by atoms with E-state index in [4.69, 9.17) is 9.47 Å². The molecule has 1 aliphatic heterocycles. The number of urea groups is 1. The predicted octanol–water partition coefficient (Wildman–Crippen LogP) is 4.30. The molecule has 0 aliphatic carbocycles. The molecule has 174 valence electrons. The fourth-order valence-corrected chi connectivity index (χ4v) is 3.91. The summed E-state index contributed by atoms with van der Waals surface area (Å²) in [6.07, 6.45) is 1.98. The third-order valence-corrected chi connectivity index (χ3v) is 5.87. The quantitative estimate of drug-likeness (QED) is 0.251. The number of carbonyl (C=O) groups excluding carboxylic acids is 2. The molecule has 10 heteroatoms. The van der Waals surface area contributed by atoms with Crippen LogP contribution in [0.4, 0.5) is 10.5 Å². The van der Waals surface area contributed by atoms with Crippen LogP contribution < -0.4 is 10.1 Å². The summed E-state index contributed by atoms with van der Waals surface area (Å²) in [6, 6.07) is 12.0. The van der Waals surface area contributed by atoms with Gasteiger partial charge in [0, 0.05) is 23.6 Å². The highest BCUT2D eigenvalue weighted by molar-refractivity contribution is 7.98. The second kappa shape index (κ2) is 10.9. The summed E-state index contributed by atoms with van der Waals surface area (Å²) in [5.41, 5.74) is 1.05. The number of nitro groups is 1. The van der Waals surface area contributed by atoms with Crippen molar-refractivity contribution >= 4 is 29.4 Å². The molecule has 3 rings (SSSR count). The molecule has 0 radical (unpaired) electrons. The van der Waals surface area contributed by atoms with Gasteiger partial charge in [-0.3, -0.25) is 15.0 Å². The lowest BCUT2D eigenvalue weighted by Crippen LogP contribution is -2.49. The van der Waals surface area contributed by atoms with Gasteiger partial charge in [-0.25, -0.2) is 9.59 Å². The van der Waals surface area contributed by atoms with Crippen LogP contribution in [0.3, 0.4) is 0 Å². The summed E-state index contributed by atoms with van der Waals surface area (Å²) in [6.45, 7) is 3.92. The van der Waals surface area contributed by atoms with Gasteiger partial charge in [0.1, 0.15) is 12.4 Å². The number of non-ortho nitro benzene ring substituents is 1. The minimum atomic E-state index is -0.836. The first kappa shape index (κ1) is 24.1. The zero-order valence-electron chi connectivity index (χ0n) is 18.6. The number of likely N-dealkylation sites (N-methyl/N-ethyl adjacent to an activating group) is 1. The van der Waals surface area contributed by atoms with Crippen LogP contribution in [0.1, 0.15) is 25.5 Å². The Balaban J connectivity index is 2.03. The Morgan fingerprint density at radius 1 is 1.15 bits per heavy atom. The highest BCUT2D eigenvalue weighted by Crippen LogP contribution is 2.33. The fourth-order valence-electron chi connectivity index (χ4n) is 3.50. The van der Waals surface area contributed by atoms with Gasteiger partial charge in [0.2, 0.25) is 0 Å². The fraction of sp³-hybridized carbons (Fsp3) is 0.304. The van der Waals surface area contributed by atoms with Gasteiger partial charge in [-0.05, 0) is 62.1 Å². The maximum atomic E-state index is 13.0. The number of nitrogens with zero attached hydrogens (tertiary/aromatic N) is 2. The zero-order valence-corrected chi connectivity index (χ0v) is 19.4. The molecule has 1 heterocycles. The predicted molar refractivity (Wildman–Crippen MR) is 124 cm³/mol. The molecule has 0 spiro atoms. The molecular formula is C23H25N3O6S. The number of esters is 1. The Labute approximate surface area is 195 Å². The lowest BCUT2D eigenvalue weighted by atomic mass is 9.94. The summed E-state index contributed by atoms with van der Waals surface area (Å²) in [5.74, 6) is 0.00747.